The van der Waals surface area contributed by atoms with E-state index < -0.39 is 26.1 Å². The summed E-state index contributed by atoms with van der Waals surface area (Å²) in [5.74, 6) is -0.750. The first-order valence-corrected chi connectivity index (χ1v) is 20.5. The number of fused-ring (bicyclic) bond motifs is 1. The quantitative estimate of drug-likeness (QED) is 0.306. The number of hydrogen-bond acceptors (Lipinski definition) is 3. The molecule has 1 saturated heterocycles. The Morgan fingerprint density at radius 3 is 2.89 bits per heavy atom. The Morgan fingerprint density at radius 1 is 1.42 bits per heavy atom. The molecule has 1 unspecified atom stereocenters. The molecule has 2 aliphatic heterocycles. The number of hydrogen-bond donors (Lipinski definition) is 0. The van der Waals surface area contributed by atoms with Gasteiger partial charge >= 0.3 is 132 Å². The van der Waals surface area contributed by atoms with E-state index in [0.29, 0.717) is 12.1 Å². The van der Waals surface area contributed by atoms with Crippen LogP contribution in [0.15, 0.2) is 18.2 Å². The first-order chi connectivity index (χ1) is 9.11. The Bertz CT molecular complexity index is 569. The molecule has 1 fully saturated rings. The van der Waals surface area contributed by atoms with Gasteiger partial charge in [-0.15, -0.1) is 0 Å². The standard InChI is InChI=1S/C12H10FN2O2.HI.Tl/c13-8-3-1-2-7-5-15(6-10(16)11(7)8)12(17)9-4-14-9;;/h1-3,9H,4-6H2;1H;/q-1;;+2/p-1/t9-;;/m1../s1. The first kappa shape index (κ1) is 13.9. The SMILES string of the molecule is O=C1CN(C(=O)[C@H]2C[N]2[Tl][I])Cc2cccc(F)c21. The van der Waals surface area contributed by atoms with Gasteiger partial charge in [0.1, 0.15) is 0 Å². The molecule has 7 heteroatoms. The van der Waals surface area contributed by atoms with Crippen molar-refractivity contribution in [1.29, 1.82) is 0 Å². The van der Waals surface area contributed by atoms with Crippen molar-refractivity contribution in [2.75, 3.05) is 13.1 Å². The topological polar surface area (TPSA) is 40.4 Å². The van der Waals surface area contributed by atoms with Crippen LogP contribution in [-0.4, -0.2) is 58.7 Å². The third kappa shape index (κ3) is 2.58. The van der Waals surface area contributed by atoms with Crippen molar-refractivity contribution >= 4 is 49.7 Å². The summed E-state index contributed by atoms with van der Waals surface area (Å²) in [6.45, 7) is 1.20. The Morgan fingerprint density at radius 2 is 2.21 bits per heavy atom. The van der Waals surface area contributed by atoms with Crippen LogP contribution in [0.2, 0.25) is 0 Å². The molecule has 0 N–H and O–H groups in total. The van der Waals surface area contributed by atoms with E-state index in [2.05, 4.69) is 20.5 Å². The average molecular weight is 565 g/mol. The molecule has 0 saturated carbocycles. The molecule has 0 radical (unpaired) electrons. The summed E-state index contributed by atoms with van der Waals surface area (Å²) < 4.78 is 15.8. The summed E-state index contributed by atoms with van der Waals surface area (Å²) in [4.78, 5) is 25.8. The van der Waals surface area contributed by atoms with Gasteiger partial charge in [-0.1, -0.05) is 0 Å². The Kier molecular flexibility index (Phi) is 3.91. The summed E-state index contributed by atoms with van der Waals surface area (Å²) in [5, 5.41) is 0. The van der Waals surface area contributed by atoms with E-state index >= 15 is 0 Å². The molecule has 97 valence electrons. The van der Waals surface area contributed by atoms with Gasteiger partial charge in [0.05, 0.1) is 0 Å². The van der Waals surface area contributed by atoms with Crippen molar-refractivity contribution in [3.05, 3.63) is 35.1 Å². The van der Waals surface area contributed by atoms with Gasteiger partial charge < -0.3 is 0 Å². The molecule has 2 aliphatic rings. The van der Waals surface area contributed by atoms with Crippen molar-refractivity contribution in [3.8, 4) is 0 Å². The second kappa shape index (κ2) is 5.36. The molecule has 4 nitrogen and oxygen atoms in total. The normalized spacial score (nSPS) is 24.7. The second-order valence-corrected chi connectivity index (χ2v) is 12.9. The van der Waals surface area contributed by atoms with Crippen LogP contribution in [0.4, 0.5) is 4.39 Å². The summed E-state index contributed by atoms with van der Waals surface area (Å²) in [6.07, 6.45) is 0. The molecule has 0 aromatic heterocycles. The van der Waals surface area contributed by atoms with Crippen molar-refractivity contribution in [2.24, 2.45) is 0 Å². The molecule has 0 bridgehead atoms. The fourth-order valence-electron chi connectivity index (χ4n) is 2.37. The van der Waals surface area contributed by atoms with Crippen molar-refractivity contribution in [2.45, 2.75) is 12.6 Å². The molecule has 2 atom stereocenters. The van der Waals surface area contributed by atoms with E-state index in [1.54, 1.807) is 17.0 Å². The van der Waals surface area contributed by atoms with E-state index in [0.717, 1.165) is 6.54 Å². The van der Waals surface area contributed by atoms with Gasteiger partial charge in [-0.2, -0.15) is 0 Å². The van der Waals surface area contributed by atoms with Crippen LogP contribution >= 0.6 is 17.8 Å². The Balaban J connectivity index is 1.82. The molecule has 1 aromatic rings. The molecule has 1 amide bonds. The summed E-state index contributed by atoms with van der Waals surface area (Å²) >= 11 is 1.51. The van der Waals surface area contributed by atoms with E-state index in [-0.39, 0.29) is 29.8 Å². The summed E-state index contributed by atoms with van der Waals surface area (Å²) in [7, 11) is 0. The third-order valence-corrected chi connectivity index (χ3v) is 12.9. The van der Waals surface area contributed by atoms with Crippen LogP contribution in [0.3, 0.4) is 0 Å². The zero-order valence-electron chi connectivity index (χ0n) is 9.97. The van der Waals surface area contributed by atoms with Gasteiger partial charge in [0, 0.05) is 0 Å². The van der Waals surface area contributed by atoms with Crippen LogP contribution in [-0.2, 0) is 11.3 Å². The van der Waals surface area contributed by atoms with Crippen molar-refractivity contribution in [3.63, 3.8) is 0 Å². The van der Waals surface area contributed by atoms with Gasteiger partial charge in [-0.25, -0.2) is 0 Å². The molecular weight excluding hydrogens is 554 g/mol. The zero-order valence-corrected chi connectivity index (χ0v) is 16.6. The van der Waals surface area contributed by atoms with E-state index in [1.165, 1.54) is 6.07 Å². The van der Waals surface area contributed by atoms with Crippen molar-refractivity contribution < 1.29 is 14.0 Å². The number of rotatable bonds is 2. The fraction of sp³-hybridized carbons (Fsp3) is 0.333. The molecule has 0 spiro atoms. The number of Topliss-reactive ketones (excluding diaryl/α,β-unsaturated/α-hetero) is 1. The average Bonchev–Trinajstić information content (AvgIpc) is 3.17. The van der Waals surface area contributed by atoms with Crippen LogP contribution in [0, 0.1) is 5.82 Å². The van der Waals surface area contributed by atoms with Gasteiger partial charge in [0.2, 0.25) is 0 Å². The number of halogens is 2. The van der Waals surface area contributed by atoms with Crippen LogP contribution in [0.5, 0.6) is 0 Å². The molecule has 3 rings (SSSR count). The third-order valence-electron chi connectivity index (χ3n) is 3.45. The van der Waals surface area contributed by atoms with Crippen LogP contribution in [0.25, 0.3) is 0 Å². The summed E-state index contributed by atoms with van der Waals surface area (Å²) in [5.41, 5.74) is 0.779. The maximum absolute atomic E-state index is 13.6. The predicted octanol–water partition coefficient (Wildman–Crippen LogP) is 1.00. The minimum atomic E-state index is -0.904. The monoisotopic (exact) mass is 565 g/mol. The molecular formula is C12H10FIN2O2Tl. The number of ketones is 1. The maximum atomic E-state index is 13.6. The van der Waals surface area contributed by atoms with Gasteiger partial charge in [0.25, 0.3) is 0 Å². The van der Waals surface area contributed by atoms with E-state index in [4.69, 9.17) is 0 Å². The molecule has 2 heterocycles. The van der Waals surface area contributed by atoms with Gasteiger partial charge in [-0.3, -0.25) is 0 Å². The Labute approximate surface area is 131 Å². The zero-order chi connectivity index (χ0) is 13.6. The van der Waals surface area contributed by atoms with Gasteiger partial charge in [0.15, 0.2) is 0 Å². The number of carbonyl (C=O) groups excluding carboxylic acids is 2. The number of nitrogens with zero attached hydrogens (tertiary/aromatic N) is 2. The number of benzene rings is 1. The number of amides is 1. The van der Waals surface area contributed by atoms with Crippen molar-refractivity contribution in [1.82, 2.24) is 7.61 Å². The van der Waals surface area contributed by atoms with Gasteiger partial charge in [-0.05, 0) is 0 Å². The Hall–Kier alpha value is -0.0979. The van der Waals surface area contributed by atoms with Crippen LogP contribution < -0.4 is 0 Å². The minimum absolute atomic E-state index is 0.00481. The van der Waals surface area contributed by atoms with Crippen LogP contribution in [0.1, 0.15) is 15.9 Å². The molecule has 19 heavy (non-hydrogen) atoms. The molecule has 0 aliphatic carbocycles. The predicted molar refractivity (Wildman–Crippen MR) is 76.4 cm³/mol. The van der Waals surface area contributed by atoms with E-state index in [1.807, 2.05) is 0 Å². The first-order valence-electron chi connectivity index (χ1n) is 5.90. The number of carbonyl (C=O) groups is 2. The second-order valence-electron chi connectivity index (χ2n) is 4.70. The summed E-state index contributed by atoms with van der Waals surface area (Å²) in [6, 6.07) is 4.59. The van der Waals surface area contributed by atoms with E-state index in [9.17, 15) is 14.0 Å². The fourth-order valence-corrected chi connectivity index (χ4v) is 9.89. The molecule has 1 aromatic carbocycles.